The molecule has 0 radical (unpaired) electrons. The molecule has 3 amide bonds. The van der Waals surface area contributed by atoms with Crippen molar-refractivity contribution in [2.24, 2.45) is 0 Å². The Morgan fingerprint density at radius 3 is 2.42 bits per heavy atom. The Bertz CT molecular complexity index is 465. The van der Waals surface area contributed by atoms with E-state index in [4.69, 9.17) is 0 Å². The molecular weight excluding hydrogens is 266 g/mol. The molecule has 1 aliphatic rings. The number of rotatable bonds is 7. The van der Waals surface area contributed by atoms with Crippen molar-refractivity contribution in [2.45, 2.75) is 0 Å². The minimum Gasteiger partial charge on any atom is -0.354 e. The van der Waals surface area contributed by atoms with Crippen molar-refractivity contribution in [1.29, 1.82) is 0 Å². The summed E-state index contributed by atoms with van der Waals surface area (Å²) in [6.45, 7) is 0.143. The fraction of sp³-hybridized carbons (Fsp3) is 0.333. The van der Waals surface area contributed by atoms with Crippen LogP contribution in [0.4, 0.5) is 0 Å². The van der Waals surface area contributed by atoms with Gasteiger partial charge in [-0.25, -0.2) is 0 Å². The van der Waals surface area contributed by atoms with E-state index >= 15 is 0 Å². The molecule has 102 valence electrons. The molecule has 0 heterocycles. The highest BCUT2D eigenvalue weighted by Crippen LogP contribution is 2.00. The second kappa shape index (κ2) is 8.18. The summed E-state index contributed by atoms with van der Waals surface area (Å²) < 4.78 is 0. The van der Waals surface area contributed by atoms with Gasteiger partial charge in [-0.15, -0.1) is 5.73 Å². The zero-order valence-electron chi connectivity index (χ0n) is 10.2. The van der Waals surface area contributed by atoms with Crippen LogP contribution in [0.3, 0.4) is 0 Å². The van der Waals surface area contributed by atoms with Gasteiger partial charge in [-0.1, -0.05) is 6.08 Å². The minimum absolute atomic E-state index is 0.120. The lowest BCUT2D eigenvalue weighted by Gasteiger charge is -2.06. The van der Waals surface area contributed by atoms with Crippen LogP contribution >= 0.6 is 12.6 Å². The molecule has 0 atom stereocenters. The molecule has 0 fully saturated rings. The Hall–Kier alpha value is -1.98. The first-order valence-corrected chi connectivity index (χ1v) is 6.32. The Kier molecular flexibility index (Phi) is 6.49. The quantitative estimate of drug-likeness (QED) is 0.353. The van der Waals surface area contributed by atoms with Gasteiger partial charge in [0.15, 0.2) is 0 Å². The molecular formula is C12H15N3O3S. The molecule has 0 aliphatic heterocycles. The number of carbonyl (C=O) groups is 3. The van der Waals surface area contributed by atoms with Crippen molar-refractivity contribution in [3.05, 3.63) is 29.5 Å². The van der Waals surface area contributed by atoms with Crippen LogP contribution in [0, 0.1) is 0 Å². The molecule has 19 heavy (non-hydrogen) atoms. The average molecular weight is 281 g/mol. The van der Waals surface area contributed by atoms with E-state index in [0.29, 0.717) is 17.9 Å². The van der Waals surface area contributed by atoms with Crippen LogP contribution in [0.15, 0.2) is 29.5 Å². The van der Waals surface area contributed by atoms with Gasteiger partial charge in [-0.2, -0.15) is 12.6 Å². The van der Waals surface area contributed by atoms with Gasteiger partial charge in [0.05, 0.1) is 18.7 Å². The maximum Gasteiger partial charge on any atom is 0.259 e. The van der Waals surface area contributed by atoms with Gasteiger partial charge in [0, 0.05) is 12.3 Å². The smallest absolute Gasteiger partial charge is 0.259 e. The van der Waals surface area contributed by atoms with Crippen molar-refractivity contribution in [2.75, 3.05) is 25.4 Å². The van der Waals surface area contributed by atoms with Crippen LogP contribution in [-0.2, 0) is 14.4 Å². The monoisotopic (exact) mass is 281 g/mol. The number of nitrogens with one attached hydrogen (secondary N) is 3. The number of hydrogen-bond donors (Lipinski definition) is 4. The summed E-state index contributed by atoms with van der Waals surface area (Å²) >= 11 is 3.94. The second-order valence-corrected chi connectivity index (χ2v) is 4.06. The lowest BCUT2D eigenvalue weighted by atomic mass is 10.3. The van der Waals surface area contributed by atoms with Gasteiger partial charge in [0.25, 0.3) is 5.91 Å². The van der Waals surface area contributed by atoms with E-state index in [0.717, 1.165) is 0 Å². The minimum atomic E-state index is -0.430. The van der Waals surface area contributed by atoms with Crippen molar-refractivity contribution in [3.8, 4) is 0 Å². The van der Waals surface area contributed by atoms with Gasteiger partial charge < -0.3 is 16.0 Å². The van der Waals surface area contributed by atoms with E-state index in [1.807, 2.05) is 0 Å². The van der Waals surface area contributed by atoms with Gasteiger partial charge in [-0.3, -0.25) is 14.4 Å². The van der Waals surface area contributed by atoms with Crippen molar-refractivity contribution >= 4 is 30.4 Å². The average Bonchev–Trinajstić information content (AvgIpc) is 2.94. The Labute approximate surface area is 116 Å². The molecule has 7 heteroatoms. The molecule has 0 aromatic heterocycles. The van der Waals surface area contributed by atoms with E-state index in [2.05, 4.69) is 34.3 Å². The molecule has 0 aromatic rings. The second-order valence-electron chi connectivity index (χ2n) is 3.62. The van der Waals surface area contributed by atoms with E-state index in [1.165, 1.54) is 0 Å². The largest absolute Gasteiger partial charge is 0.354 e. The van der Waals surface area contributed by atoms with Gasteiger partial charge >= 0.3 is 0 Å². The van der Waals surface area contributed by atoms with Crippen molar-refractivity contribution in [3.63, 3.8) is 0 Å². The fourth-order valence-electron chi connectivity index (χ4n) is 1.23. The van der Waals surface area contributed by atoms with Crippen LogP contribution in [0.5, 0.6) is 0 Å². The number of amides is 3. The Morgan fingerprint density at radius 1 is 1.11 bits per heavy atom. The zero-order chi connectivity index (χ0) is 14.1. The zero-order valence-corrected chi connectivity index (χ0v) is 11.1. The SMILES string of the molecule is O=C(CNC(=O)CNC(=O)C1=C=CC=C1)NCCS. The molecule has 0 saturated carbocycles. The van der Waals surface area contributed by atoms with Crippen LogP contribution < -0.4 is 16.0 Å². The predicted octanol–water partition coefficient (Wildman–Crippen LogP) is -1.08. The first-order chi connectivity index (χ1) is 9.13. The third kappa shape index (κ3) is 5.94. The third-order valence-electron chi connectivity index (χ3n) is 2.13. The summed E-state index contributed by atoms with van der Waals surface area (Å²) in [5, 5.41) is 7.37. The molecule has 1 rings (SSSR count). The maximum absolute atomic E-state index is 11.5. The predicted molar refractivity (Wildman–Crippen MR) is 73.6 cm³/mol. The topological polar surface area (TPSA) is 87.3 Å². The highest BCUT2D eigenvalue weighted by molar-refractivity contribution is 7.80. The van der Waals surface area contributed by atoms with E-state index in [1.54, 1.807) is 18.2 Å². The summed E-state index contributed by atoms with van der Waals surface area (Å²) in [5.74, 6) is -0.565. The van der Waals surface area contributed by atoms with Gasteiger partial charge in [-0.05, 0) is 12.2 Å². The molecule has 0 bridgehead atoms. The first-order valence-electron chi connectivity index (χ1n) is 5.69. The number of hydrogen-bond acceptors (Lipinski definition) is 4. The van der Waals surface area contributed by atoms with Crippen LogP contribution in [0.1, 0.15) is 0 Å². The van der Waals surface area contributed by atoms with Gasteiger partial charge in [0.1, 0.15) is 0 Å². The highest BCUT2D eigenvalue weighted by Gasteiger charge is 2.10. The Balaban J connectivity index is 2.18. The van der Waals surface area contributed by atoms with Gasteiger partial charge in [0.2, 0.25) is 11.8 Å². The highest BCUT2D eigenvalue weighted by atomic mass is 32.1. The molecule has 3 N–H and O–H groups in total. The van der Waals surface area contributed by atoms with Crippen molar-refractivity contribution < 1.29 is 14.4 Å². The third-order valence-corrected chi connectivity index (χ3v) is 2.36. The maximum atomic E-state index is 11.5. The lowest BCUT2D eigenvalue weighted by Crippen LogP contribution is -2.42. The standard InChI is InChI=1S/C12H15N3O3S/c16-10(13-5-6-19)7-14-11(17)8-15-12(18)9-3-1-2-4-9/h1-3,19H,5-8H2,(H,13,16)(H,14,17)(H,15,18). The molecule has 0 spiro atoms. The number of thiol groups is 1. The molecule has 1 aliphatic carbocycles. The molecule has 6 nitrogen and oxygen atoms in total. The summed E-state index contributed by atoms with van der Waals surface area (Å²) in [7, 11) is 0. The normalized spacial score (nSPS) is 11.9. The summed E-state index contributed by atoms with van der Waals surface area (Å²) in [6.07, 6.45) is 4.89. The van der Waals surface area contributed by atoms with Crippen LogP contribution in [-0.4, -0.2) is 43.1 Å². The van der Waals surface area contributed by atoms with E-state index in [9.17, 15) is 14.4 Å². The lowest BCUT2D eigenvalue weighted by molar-refractivity contribution is -0.126. The van der Waals surface area contributed by atoms with E-state index < -0.39 is 5.91 Å². The molecule has 0 saturated heterocycles. The summed E-state index contributed by atoms with van der Waals surface area (Å²) in [4.78, 5) is 34.0. The summed E-state index contributed by atoms with van der Waals surface area (Å²) in [5.41, 5.74) is 3.09. The van der Waals surface area contributed by atoms with Crippen LogP contribution in [0.2, 0.25) is 0 Å². The Morgan fingerprint density at radius 2 is 1.79 bits per heavy atom. The first kappa shape index (κ1) is 15.1. The molecule has 0 aromatic carbocycles. The fourth-order valence-corrected chi connectivity index (χ4v) is 1.34. The molecule has 0 unspecified atom stereocenters. The van der Waals surface area contributed by atoms with E-state index in [-0.39, 0.29) is 24.9 Å². The van der Waals surface area contributed by atoms with Crippen molar-refractivity contribution in [1.82, 2.24) is 16.0 Å². The summed E-state index contributed by atoms with van der Waals surface area (Å²) in [6, 6.07) is 0. The van der Waals surface area contributed by atoms with Crippen LogP contribution in [0.25, 0.3) is 0 Å². The number of allylic oxidation sites excluding steroid dienone is 1. The number of carbonyl (C=O) groups excluding carboxylic acids is 3.